The molecule has 1 rings (SSSR count). The fourth-order valence-electron chi connectivity index (χ4n) is 5.82. The molecule has 0 spiro atoms. The topological polar surface area (TPSA) is 248 Å². The quantitative estimate of drug-likeness (QED) is 0.0726. The lowest BCUT2D eigenvalue weighted by Gasteiger charge is -2.09. The Bertz CT molecular complexity index is 1300. The average molecular weight is 1200 g/mol. The second-order valence-electron chi connectivity index (χ2n) is 16.6. The molecule has 0 atom stereocenters. The summed E-state index contributed by atoms with van der Waals surface area (Å²) in [6, 6.07) is 8.20. The van der Waals surface area contributed by atoms with Crippen molar-refractivity contribution in [1.29, 1.82) is 0 Å². The van der Waals surface area contributed by atoms with E-state index in [1.54, 1.807) is 0 Å². The molecule has 0 aliphatic carbocycles. The van der Waals surface area contributed by atoms with Crippen LogP contribution >= 0.6 is 12.0 Å². The Balaban J connectivity index is 1.59. The molecule has 0 heterocycles. The van der Waals surface area contributed by atoms with Crippen LogP contribution in [0.15, 0.2) is 29.2 Å². The van der Waals surface area contributed by atoms with Crippen LogP contribution in [0.4, 0.5) is 0 Å². The molecule has 480 valence electrons. The van der Waals surface area contributed by atoms with Gasteiger partial charge >= 0.3 is 0 Å². The fraction of sp³-hybridized carbons (Fsp3) is 0.891. The molecule has 0 aromatic heterocycles. The Morgan fingerprint density at radius 2 is 0.346 bits per heavy atom. The van der Waals surface area contributed by atoms with Crippen molar-refractivity contribution >= 4 is 12.0 Å². The summed E-state index contributed by atoms with van der Waals surface area (Å²) in [5.74, 6) is 0. The summed E-state index contributed by atoms with van der Waals surface area (Å²) in [5.41, 5.74) is 6.58. The maximum absolute atomic E-state index is 5.54. The fourth-order valence-corrected chi connectivity index (χ4v) is 6.35. The highest BCUT2D eigenvalue weighted by molar-refractivity contribution is 7.94. The van der Waals surface area contributed by atoms with Gasteiger partial charge in [0.05, 0.1) is 311 Å². The first-order valence-corrected chi connectivity index (χ1v) is 29.4. The van der Waals surface area contributed by atoms with Crippen molar-refractivity contribution < 1.29 is 113 Å². The Hall–Kier alpha value is -1.43. The Morgan fingerprint density at radius 1 is 0.210 bits per heavy atom. The van der Waals surface area contributed by atoms with Gasteiger partial charge < -0.3 is 119 Å². The van der Waals surface area contributed by atoms with Gasteiger partial charge in [-0.3, -0.25) is 0 Å². The van der Waals surface area contributed by atoms with E-state index in [0.717, 1.165) is 4.90 Å². The van der Waals surface area contributed by atoms with Crippen molar-refractivity contribution in [3.8, 4) is 0 Å². The molecule has 0 aliphatic heterocycles. The third-order valence-corrected chi connectivity index (χ3v) is 10.7. The minimum Gasteiger partial charge on any atom is -0.378 e. The molecule has 0 saturated heterocycles. The van der Waals surface area contributed by atoms with Gasteiger partial charge in [-0.05, 0) is 19.1 Å². The first-order valence-electron chi connectivity index (χ1n) is 28.7. The molecule has 1 aromatic rings. The lowest BCUT2D eigenvalue weighted by molar-refractivity contribution is -0.0319. The molecule has 0 unspecified atom stereocenters. The van der Waals surface area contributed by atoms with E-state index >= 15 is 0 Å². The Morgan fingerprint density at radius 3 is 0.494 bits per heavy atom. The summed E-state index contributed by atoms with van der Waals surface area (Å²) >= 11 is 1.36. The van der Waals surface area contributed by atoms with Gasteiger partial charge in [0, 0.05) is 23.5 Å². The molecule has 2 N–H and O–H groups in total. The molecule has 26 heteroatoms. The minimum atomic E-state index is 0.486. The SMILES string of the molecule is Cc1ccc(SOCCOCCOCCOCCOCCOCCOCCOCCOCCOCCOCCOCCOCCOCCOCCOCCOCCOCCOCCOCCOCCOCCOCCOCCN)cc1. The van der Waals surface area contributed by atoms with Crippen LogP contribution < -0.4 is 5.73 Å². The molecule has 81 heavy (non-hydrogen) atoms. The van der Waals surface area contributed by atoms with Crippen molar-refractivity contribution in [1.82, 2.24) is 0 Å². The summed E-state index contributed by atoms with van der Waals surface area (Å²) in [4.78, 5) is 1.08. The van der Waals surface area contributed by atoms with E-state index in [-0.39, 0.29) is 0 Å². The largest absolute Gasteiger partial charge is 0.378 e. The smallest absolute Gasteiger partial charge is 0.0852 e. The first-order chi connectivity index (χ1) is 40.3. The van der Waals surface area contributed by atoms with Crippen LogP contribution in [0.2, 0.25) is 0 Å². The predicted octanol–water partition coefficient (Wildman–Crippen LogP) is 2.36. The highest BCUT2D eigenvalue weighted by Gasteiger charge is 2.01. The molecule has 0 fully saturated rings. The predicted molar refractivity (Wildman–Crippen MR) is 301 cm³/mol. The van der Waals surface area contributed by atoms with Crippen LogP contribution in [0.5, 0.6) is 0 Å². The average Bonchev–Trinajstić information content (AvgIpc) is 3.48. The Kier molecular flexibility index (Phi) is 68.1. The molecular formula is C55H105NO24S. The molecule has 0 aliphatic rings. The van der Waals surface area contributed by atoms with Crippen molar-refractivity contribution in [3.63, 3.8) is 0 Å². The van der Waals surface area contributed by atoms with Gasteiger partial charge in [0.25, 0.3) is 0 Å². The van der Waals surface area contributed by atoms with Crippen molar-refractivity contribution in [3.05, 3.63) is 29.8 Å². The maximum atomic E-state index is 5.54. The maximum Gasteiger partial charge on any atom is 0.0852 e. The molecule has 1 aromatic carbocycles. The highest BCUT2D eigenvalue weighted by atomic mass is 32.2. The molecule has 25 nitrogen and oxygen atoms in total. The van der Waals surface area contributed by atoms with E-state index in [9.17, 15) is 0 Å². The second-order valence-corrected chi connectivity index (χ2v) is 17.5. The van der Waals surface area contributed by atoms with Crippen LogP contribution in [0.3, 0.4) is 0 Å². The third kappa shape index (κ3) is 67.6. The van der Waals surface area contributed by atoms with Gasteiger partial charge in [0.15, 0.2) is 0 Å². The van der Waals surface area contributed by atoms with E-state index in [2.05, 4.69) is 19.1 Å². The third-order valence-electron chi connectivity index (χ3n) is 9.93. The van der Waals surface area contributed by atoms with Crippen LogP contribution in [0.25, 0.3) is 0 Å². The summed E-state index contributed by atoms with van der Waals surface area (Å²) < 4.78 is 132. The number of hydrogen-bond donors (Lipinski definition) is 1. The number of ether oxygens (including phenoxy) is 23. The van der Waals surface area contributed by atoms with Gasteiger partial charge in [-0.25, -0.2) is 0 Å². The van der Waals surface area contributed by atoms with Crippen molar-refractivity contribution in [2.75, 3.05) is 317 Å². The standard InChI is InChI=1S/C55H105NO24S/c1-54-2-4-55(5-3-54)81-80-53-52-79-51-50-78-49-48-77-47-46-76-45-44-75-43-42-74-41-40-73-39-38-72-37-36-71-35-34-70-33-32-69-31-30-68-29-28-67-27-26-66-25-24-65-23-22-64-21-20-63-19-18-62-17-16-61-15-14-60-13-12-59-11-10-58-9-8-57-7-6-56/h2-5H,6-53,56H2,1H3. The summed E-state index contributed by atoms with van der Waals surface area (Å²) in [6.07, 6.45) is 0. The van der Waals surface area contributed by atoms with Gasteiger partial charge in [-0.15, -0.1) is 0 Å². The van der Waals surface area contributed by atoms with E-state index in [1.807, 2.05) is 12.1 Å². The molecule has 0 bridgehead atoms. The Labute approximate surface area is 488 Å². The second kappa shape index (κ2) is 71.1. The zero-order valence-electron chi connectivity index (χ0n) is 49.0. The lowest BCUT2D eigenvalue weighted by Crippen LogP contribution is -2.16. The number of rotatable bonds is 73. The van der Waals surface area contributed by atoms with Gasteiger partial charge in [0.2, 0.25) is 0 Å². The lowest BCUT2D eigenvalue weighted by atomic mass is 10.2. The van der Waals surface area contributed by atoms with Crippen LogP contribution in [-0.4, -0.2) is 317 Å². The highest BCUT2D eigenvalue weighted by Crippen LogP contribution is 2.19. The minimum absolute atomic E-state index is 0.486. The number of hydrogen-bond acceptors (Lipinski definition) is 26. The monoisotopic (exact) mass is 1200 g/mol. The van der Waals surface area contributed by atoms with E-state index in [1.165, 1.54) is 17.6 Å². The molecular weight excluding hydrogens is 1090 g/mol. The van der Waals surface area contributed by atoms with E-state index < -0.39 is 0 Å². The van der Waals surface area contributed by atoms with Gasteiger partial charge in [-0.2, -0.15) is 0 Å². The van der Waals surface area contributed by atoms with Crippen LogP contribution in [0.1, 0.15) is 5.56 Å². The van der Waals surface area contributed by atoms with E-state index in [0.29, 0.717) is 317 Å². The zero-order valence-corrected chi connectivity index (χ0v) is 49.9. The summed E-state index contributed by atoms with van der Waals surface area (Å²) in [7, 11) is 0. The molecule has 0 radical (unpaired) electrons. The van der Waals surface area contributed by atoms with Gasteiger partial charge in [0.1, 0.15) is 0 Å². The molecule has 0 amide bonds. The van der Waals surface area contributed by atoms with Crippen LogP contribution in [0, 0.1) is 6.92 Å². The first kappa shape index (κ1) is 77.6. The summed E-state index contributed by atoms with van der Waals surface area (Å²) in [5, 5.41) is 0. The molecule has 0 saturated carbocycles. The van der Waals surface area contributed by atoms with Gasteiger partial charge in [-0.1, -0.05) is 17.7 Å². The van der Waals surface area contributed by atoms with Crippen LogP contribution in [-0.2, 0) is 113 Å². The number of aryl methyl sites for hydroxylation is 1. The van der Waals surface area contributed by atoms with E-state index in [4.69, 9.17) is 119 Å². The normalized spacial score (nSPS) is 11.7. The number of benzene rings is 1. The summed E-state index contributed by atoms with van der Waals surface area (Å²) in [6.45, 7) is 26.1. The zero-order chi connectivity index (χ0) is 57.6. The number of nitrogens with two attached hydrogens (primary N) is 1. The van der Waals surface area contributed by atoms with Crippen molar-refractivity contribution in [2.45, 2.75) is 11.8 Å². The van der Waals surface area contributed by atoms with Crippen molar-refractivity contribution in [2.24, 2.45) is 5.73 Å².